The second kappa shape index (κ2) is 9.58. The molecule has 1 N–H and O–H groups in total. The van der Waals surface area contributed by atoms with Gasteiger partial charge in [0.1, 0.15) is 0 Å². The zero-order valence-corrected chi connectivity index (χ0v) is 16.0. The van der Waals surface area contributed by atoms with E-state index in [1.807, 2.05) is 17.0 Å². The van der Waals surface area contributed by atoms with Crippen molar-refractivity contribution in [1.29, 1.82) is 0 Å². The summed E-state index contributed by atoms with van der Waals surface area (Å²) >= 11 is 1.16. The van der Waals surface area contributed by atoms with Crippen LogP contribution >= 0.6 is 11.8 Å². The Kier molecular flexibility index (Phi) is 6.90. The van der Waals surface area contributed by atoms with Gasteiger partial charge in [0.25, 0.3) is 0 Å². The molecule has 2 aromatic rings. The Morgan fingerprint density at radius 3 is 1.85 bits per heavy atom. The van der Waals surface area contributed by atoms with E-state index in [9.17, 15) is 9.59 Å². The molecular formula is C21H24N2O3S. The maximum atomic E-state index is 12.3. The number of aliphatic carboxylic acids is 1. The fraction of sp³-hybridized carbons (Fsp3) is 0.333. The van der Waals surface area contributed by atoms with Gasteiger partial charge in [-0.1, -0.05) is 60.7 Å². The van der Waals surface area contributed by atoms with Crippen molar-refractivity contribution in [2.75, 3.05) is 37.7 Å². The van der Waals surface area contributed by atoms with Crippen LogP contribution in [0.4, 0.5) is 0 Å². The molecule has 1 aliphatic rings. The minimum atomic E-state index is -0.883. The van der Waals surface area contributed by atoms with Crippen molar-refractivity contribution in [1.82, 2.24) is 9.80 Å². The highest BCUT2D eigenvalue weighted by molar-refractivity contribution is 8.00. The maximum Gasteiger partial charge on any atom is 0.313 e. The summed E-state index contributed by atoms with van der Waals surface area (Å²) < 4.78 is 0. The van der Waals surface area contributed by atoms with Crippen molar-refractivity contribution in [3.63, 3.8) is 0 Å². The van der Waals surface area contributed by atoms with E-state index >= 15 is 0 Å². The number of carboxylic acid groups (broad SMARTS) is 1. The van der Waals surface area contributed by atoms with Gasteiger partial charge in [-0.05, 0) is 11.1 Å². The first-order valence-electron chi connectivity index (χ1n) is 9.06. The Bertz CT molecular complexity index is 707. The lowest BCUT2D eigenvalue weighted by Gasteiger charge is -2.39. The van der Waals surface area contributed by atoms with Crippen molar-refractivity contribution in [3.8, 4) is 0 Å². The predicted octanol–water partition coefficient (Wildman–Crippen LogP) is 2.74. The molecule has 142 valence electrons. The summed E-state index contributed by atoms with van der Waals surface area (Å²) in [5.74, 6) is -0.661. The quantitative estimate of drug-likeness (QED) is 0.795. The van der Waals surface area contributed by atoms with Gasteiger partial charge < -0.3 is 10.0 Å². The topological polar surface area (TPSA) is 60.9 Å². The fourth-order valence-electron chi connectivity index (χ4n) is 3.43. The SMILES string of the molecule is O=C(O)CSCC(=O)N1CCN(C(c2ccccc2)c2ccccc2)CC1. The number of amides is 1. The number of carbonyl (C=O) groups excluding carboxylic acids is 1. The number of piperazine rings is 1. The first-order valence-corrected chi connectivity index (χ1v) is 10.2. The van der Waals surface area contributed by atoms with Gasteiger partial charge in [-0.25, -0.2) is 0 Å². The normalized spacial score (nSPS) is 15.1. The van der Waals surface area contributed by atoms with Crippen LogP contribution < -0.4 is 0 Å². The Hall–Kier alpha value is -2.31. The number of rotatable bonds is 7. The van der Waals surface area contributed by atoms with Crippen molar-refractivity contribution >= 4 is 23.6 Å². The van der Waals surface area contributed by atoms with Crippen LogP contribution in [0.2, 0.25) is 0 Å². The molecule has 0 radical (unpaired) electrons. The Morgan fingerprint density at radius 1 is 0.852 bits per heavy atom. The molecule has 1 saturated heterocycles. The van der Waals surface area contributed by atoms with Gasteiger partial charge in [0, 0.05) is 26.2 Å². The molecule has 0 atom stereocenters. The summed E-state index contributed by atoms with van der Waals surface area (Å²) in [5, 5.41) is 8.70. The van der Waals surface area contributed by atoms with Gasteiger partial charge in [0.05, 0.1) is 17.5 Å². The number of carbonyl (C=O) groups is 2. The number of nitrogens with zero attached hydrogens (tertiary/aromatic N) is 2. The monoisotopic (exact) mass is 384 g/mol. The van der Waals surface area contributed by atoms with E-state index in [1.165, 1.54) is 11.1 Å². The molecule has 0 aromatic heterocycles. The van der Waals surface area contributed by atoms with Crippen molar-refractivity contribution in [2.45, 2.75) is 6.04 Å². The van der Waals surface area contributed by atoms with Crippen LogP contribution in [0.25, 0.3) is 0 Å². The predicted molar refractivity (Wildman–Crippen MR) is 108 cm³/mol. The van der Waals surface area contributed by atoms with E-state index in [2.05, 4.69) is 53.4 Å². The molecule has 1 fully saturated rings. The van der Waals surface area contributed by atoms with E-state index in [4.69, 9.17) is 5.11 Å². The number of carboxylic acids is 1. The van der Waals surface area contributed by atoms with Crippen LogP contribution in [0.3, 0.4) is 0 Å². The van der Waals surface area contributed by atoms with Gasteiger partial charge in [0.15, 0.2) is 0 Å². The zero-order chi connectivity index (χ0) is 19.1. The van der Waals surface area contributed by atoms with Crippen LogP contribution in [-0.2, 0) is 9.59 Å². The number of hydrogen-bond donors (Lipinski definition) is 1. The van der Waals surface area contributed by atoms with Crippen LogP contribution in [-0.4, -0.2) is 64.5 Å². The number of thioether (sulfide) groups is 1. The molecule has 0 aliphatic carbocycles. The highest BCUT2D eigenvalue weighted by atomic mass is 32.2. The average molecular weight is 385 g/mol. The molecule has 1 heterocycles. The van der Waals surface area contributed by atoms with E-state index in [0.29, 0.717) is 13.1 Å². The van der Waals surface area contributed by atoms with Crippen LogP contribution in [0.15, 0.2) is 60.7 Å². The Balaban J connectivity index is 1.65. The van der Waals surface area contributed by atoms with Crippen molar-refractivity contribution in [2.24, 2.45) is 0 Å². The van der Waals surface area contributed by atoms with E-state index in [-0.39, 0.29) is 23.5 Å². The lowest BCUT2D eigenvalue weighted by atomic mass is 9.96. The molecule has 1 amide bonds. The van der Waals surface area contributed by atoms with Crippen LogP contribution in [0.5, 0.6) is 0 Å². The van der Waals surface area contributed by atoms with Crippen LogP contribution in [0, 0.1) is 0 Å². The minimum absolute atomic E-state index is 0.0249. The van der Waals surface area contributed by atoms with Crippen molar-refractivity contribution in [3.05, 3.63) is 71.8 Å². The van der Waals surface area contributed by atoms with Gasteiger partial charge >= 0.3 is 5.97 Å². The first kappa shape index (κ1) is 19.5. The second-order valence-corrected chi connectivity index (χ2v) is 7.51. The van der Waals surface area contributed by atoms with Gasteiger partial charge in [0.2, 0.25) is 5.91 Å². The molecule has 0 bridgehead atoms. The standard InChI is InChI=1S/C21H24N2O3S/c24-19(15-27-16-20(25)26)22-11-13-23(14-12-22)21(17-7-3-1-4-8-17)18-9-5-2-6-10-18/h1-10,21H,11-16H2,(H,25,26). The molecular weight excluding hydrogens is 360 g/mol. The van der Waals surface area contributed by atoms with E-state index < -0.39 is 5.97 Å². The zero-order valence-electron chi connectivity index (χ0n) is 15.2. The van der Waals surface area contributed by atoms with Gasteiger partial charge in [-0.15, -0.1) is 11.8 Å². The molecule has 3 rings (SSSR count). The molecule has 0 unspecified atom stereocenters. The third kappa shape index (κ3) is 5.34. The summed E-state index contributed by atoms with van der Waals surface area (Å²) in [6.07, 6.45) is 0. The fourth-order valence-corrected chi connectivity index (χ4v) is 4.07. The summed E-state index contributed by atoms with van der Waals surface area (Å²) in [5.41, 5.74) is 2.50. The average Bonchev–Trinajstić information content (AvgIpc) is 2.70. The lowest BCUT2D eigenvalue weighted by molar-refractivity contribution is -0.133. The van der Waals surface area contributed by atoms with Gasteiger partial charge in [-0.2, -0.15) is 0 Å². The number of benzene rings is 2. The lowest BCUT2D eigenvalue weighted by Crippen LogP contribution is -2.50. The minimum Gasteiger partial charge on any atom is -0.481 e. The van der Waals surface area contributed by atoms with E-state index in [1.54, 1.807) is 0 Å². The largest absolute Gasteiger partial charge is 0.481 e. The molecule has 0 saturated carbocycles. The summed E-state index contributed by atoms with van der Waals surface area (Å²) in [6, 6.07) is 21.1. The third-order valence-corrected chi connectivity index (χ3v) is 5.62. The van der Waals surface area contributed by atoms with Crippen LogP contribution in [0.1, 0.15) is 17.2 Å². The highest BCUT2D eigenvalue weighted by Gasteiger charge is 2.27. The molecule has 1 aliphatic heterocycles. The Labute approximate surface area is 164 Å². The maximum absolute atomic E-state index is 12.3. The number of hydrogen-bond acceptors (Lipinski definition) is 4. The molecule has 27 heavy (non-hydrogen) atoms. The molecule has 5 nitrogen and oxygen atoms in total. The highest BCUT2D eigenvalue weighted by Crippen LogP contribution is 2.29. The summed E-state index contributed by atoms with van der Waals surface area (Å²) in [6.45, 7) is 2.93. The third-order valence-electron chi connectivity index (χ3n) is 4.71. The summed E-state index contributed by atoms with van der Waals surface area (Å²) in [4.78, 5) is 27.1. The van der Waals surface area contributed by atoms with Crippen molar-refractivity contribution < 1.29 is 14.7 Å². The first-order chi connectivity index (χ1) is 13.1. The van der Waals surface area contributed by atoms with Gasteiger partial charge in [-0.3, -0.25) is 14.5 Å². The Morgan fingerprint density at radius 2 is 1.37 bits per heavy atom. The molecule has 6 heteroatoms. The summed E-state index contributed by atoms with van der Waals surface area (Å²) in [7, 11) is 0. The second-order valence-electron chi connectivity index (χ2n) is 6.53. The smallest absolute Gasteiger partial charge is 0.313 e. The molecule has 0 spiro atoms. The van der Waals surface area contributed by atoms with E-state index in [0.717, 1.165) is 24.9 Å². The molecule has 2 aromatic carbocycles.